The summed E-state index contributed by atoms with van der Waals surface area (Å²) in [6.45, 7) is 1.58. The Labute approximate surface area is 179 Å². The van der Waals surface area contributed by atoms with Gasteiger partial charge in [0, 0.05) is 36.6 Å². The SMILES string of the molecule is NC(=O)C1CCCN(c2ccc(NC(=O)CCNC(=O)c3ccc(Cl)cc3)cn2)C1. The summed E-state index contributed by atoms with van der Waals surface area (Å²) in [6, 6.07) is 10.1. The van der Waals surface area contributed by atoms with Gasteiger partial charge in [-0.05, 0) is 49.2 Å². The highest BCUT2D eigenvalue weighted by molar-refractivity contribution is 6.30. The molecule has 8 nitrogen and oxygen atoms in total. The van der Waals surface area contributed by atoms with E-state index in [0.717, 1.165) is 25.2 Å². The topological polar surface area (TPSA) is 117 Å². The molecule has 3 rings (SSSR count). The summed E-state index contributed by atoms with van der Waals surface area (Å²) in [5.41, 5.74) is 6.47. The number of amides is 3. The predicted molar refractivity (Wildman–Crippen MR) is 115 cm³/mol. The van der Waals surface area contributed by atoms with Crippen LogP contribution >= 0.6 is 11.6 Å². The number of pyridine rings is 1. The van der Waals surface area contributed by atoms with Gasteiger partial charge in [-0.15, -0.1) is 0 Å². The number of nitrogens with one attached hydrogen (secondary N) is 2. The van der Waals surface area contributed by atoms with Crippen LogP contribution in [0.15, 0.2) is 42.6 Å². The fourth-order valence-electron chi connectivity index (χ4n) is 3.28. The molecule has 1 atom stereocenters. The molecule has 2 heterocycles. The lowest BCUT2D eigenvalue weighted by molar-refractivity contribution is -0.122. The van der Waals surface area contributed by atoms with Crippen LogP contribution in [-0.4, -0.2) is 42.3 Å². The van der Waals surface area contributed by atoms with Crippen molar-refractivity contribution in [2.75, 3.05) is 29.9 Å². The van der Waals surface area contributed by atoms with Crippen molar-refractivity contribution < 1.29 is 14.4 Å². The molecule has 2 aromatic rings. The summed E-state index contributed by atoms with van der Waals surface area (Å²) < 4.78 is 0. The fourth-order valence-corrected chi connectivity index (χ4v) is 3.41. The van der Waals surface area contributed by atoms with Crippen molar-refractivity contribution >= 4 is 40.8 Å². The summed E-state index contributed by atoms with van der Waals surface area (Å²) in [6.07, 6.45) is 3.39. The molecule has 9 heteroatoms. The average Bonchev–Trinajstić information content (AvgIpc) is 2.74. The van der Waals surface area contributed by atoms with E-state index < -0.39 is 0 Å². The first-order valence-corrected chi connectivity index (χ1v) is 10.1. The van der Waals surface area contributed by atoms with Crippen LogP contribution in [0.3, 0.4) is 0 Å². The van der Waals surface area contributed by atoms with Crippen LogP contribution in [0.1, 0.15) is 29.6 Å². The number of carbonyl (C=O) groups excluding carboxylic acids is 3. The Morgan fingerprint density at radius 1 is 1.17 bits per heavy atom. The first-order valence-electron chi connectivity index (χ1n) is 9.76. The van der Waals surface area contributed by atoms with Crippen molar-refractivity contribution in [1.29, 1.82) is 0 Å². The Morgan fingerprint density at radius 2 is 1.93 bits per heavy atom. The minimum Gasteiger partial charge on any atom is -0.369 e. The van der Waals surface area contributed by atoms with Gasteiger partial charge in [0.25, 0.3) is 5.91 Å². The number of carbonyl (C=O) groups is 3. The van der Waals surface area contributed by atoms with Gasteiger partial charge in [0.15, 0.2) is 0 Å². The smallest absolute Gasteiger partial charge is 0.251 e. The van der Waals surface area contributed by atoms with Gasteiger partial charge in [0.2, 0.25) is 11.8 Å². The first kappa shape index (κ1) is 21.6. The van der Waals surface area contributed by atoms with Gasteiger partial charge >= 0.3 is 0 Å². The average molecular weight is 430 g/mol. The van der Waals surface area contributed by atoms with Crippen molar-refractivity contribution in [3.8, 4) is 0 Å². The van der Waals surface area contributed by atoms with Crippen LogP contribution in [-0.2, 0) is 9.59 Å². The Balaban J connectivity index is 1.44. The Kier molecular flexibility index (Phi) is 7.24. The van der Waals surface area contributed by atoms with Gasteiger partial charge in [0.05, 0.1) is 17.8 Å². The quantitative estimate of drug-likeness (QED) is 0.623. The van der Waals surface area contributed by atoms with E-state index in [-0.39, 0.29) is 36.6 Å². The molecule has 1 aromatic carbocycles. The van der Waals surface area contributed by atoms with E-state index >= 15 is 0 Å². The third kappa shape index (κ3) is 5.93. The van der Waals surface area contributed by atoms with Crippen LogP contribution in [0.2, 0.25) is 5.02 Å². The largest absolute Gasteiger partial charge is 0.369 e. The summed E-state index contributed by atoms with van der Waals surface area (Å²) in [7, 11) is 0. The lowest BCUT2D eigenvalue weighted by atomic mass is 9.97. The highest BCUT2D eigenvalue weighted by Gasteiger charge is 2.24. The number of aromatic nitrogens is 1. The highest BCUT2D eigenvalue weighted by Crippen LogP contribution is 2.22. The number of piperidine rings is 1. The number of nitrogens with two attached hydrogens (primary N) is 1. The zero-order valence-corrected chi connectivity index (χ0v) is 17.2. The number of rotatable bonds is 7. The lowest BCUT2D eigenvalue weighted by Crippen LogP contribution is -2.41. The molecule has 1 aliphatic heterocycles. The van der Waals surface area contributed by atoms with Gasteiger partial charge in [-0.2, -0.15) is 0 Å². The standard InChI is InChI=1S/C21H24ClN5O3/c22-16-5-3-14(4-6-16)21(30)24-10-9-19(28)26-17-7-8-18(25-12-17)27-11-1-2-15(13-27)20(23)29/h3-8,12,15H,1-2,9-11,13H2,(H2,23,29)(H,24,30)(H,26,28). The Hall–Kier alpha value is -3.13. The molecule has 3 amide bonds. The molecule has 1 aromatic heterocycles. The molecule has 0 radical (unpaired) electrons. The monoisotopic (exact) mass is 429 g/mol. The van der Waals surface area contributed by atoms with Gasteiger partial charge in [0.1, 0.15) is 5.82 Å². The number of anilines is 2. The third-order valence-corrected chi connectivity index (χ3v) is 5.18. The van der Waals surface area contributed by atoms with Crippen LogP contribution in [0.5, 0.6) is 0 Å². The summed E-state index contributed by atoms with van der Waals surface area (Å²) in [5, 5.41) is 6.01. The number of nitrogens with zero attached hydrogens (tertiary/aromatic N) is 2. The molecule has 4 N–H and O–H groups in total. The second-order valence-electron chi connectivity index (χ2n) is 7.15. The molecule has 0 saturated carbocycles. The molecule has 158 valence electrons. The zero-order valence-electron chi connectivity index (χ0n) is 16.4. The summed E-state index contributed by atoms with van der Waals surface area (Å²) >= 11 is 5.80. The molecule has 1 saturated heterocycles. The maximum atomic E-state index is 12.1. The van der Waals surface area contributed by atoms with Gasteiger partial charge in [-0.3, -0.25) is 14.4 Å². The lowest BCUT2D eigenvalue weighted by Gasteiger charge is -2.32. The van der Waals surface area contributed by atoms with E-state index in [0.29, 0.717) is 22.8 Å². The normalized spacial score (nSPS) is 16.0. The van der Waals surface area contributed by atoms with Crippen molar-refractivity contribution in [2.45, 2.75) is 19.3 Å². The van der Waals surface area contributed by atoms with Gasteiger partial charge < -0.3 is 21.3 Å². The van der Waals surface area contributed by atoms with E-state index in [2.05, 4.69) is 15.6 Å². The Bertz CT molecular complexity index is 902. The van der Waals surface area contributed by atoms with Crippen LogP contribution in [0.4, 0.5) is 11.5 Å². The first-order chi connectivity index (χ1) is 14.4. The van der Waals surface area contributed by atoms with E-state index in [4.69, 9.17) is 17.3 Å². The van der Waals surface area contributed by atoms with Crippen molar-refractivity contribution in [3.63, 3.8) is 0 Å². The number of benzene rings is 1. The number of hydrogen-bond acceptors (Lipinski definition) is 5. The number of halogens is 1. The van der Waals surface area contributed by atoms with E-state index in [1.807, 2.05) is 4.90 Å². The van der Waals surface area contributed by atoms with E-state index in [9.17, 15) is 14.4 Å². The summed E-state index contributed by atoms with van der Waals surface area (Å²) in [4.78, 5) is 42.0. The molecule has 0 bridgehead atoms. The molecular formula is C21H24ClN5O3. The third-order valence-electron chi connectivity index (χ3n) is 4.92. The van der Waals surface area contributed by atoms with E-state index in [1.165, 1.54) is 0 Å². The molecule has 0 aliphatic carbocycles. The van der Waals surface area contributed by atoms with Crippen molar-refractivity contribution in [2.24, 2.45) is 11.7 Å². The van der Waals surface area contributed by atoms with Crippen molar-refractivity contribution in [3.05, 3.63) is 53.2 Å². The minimum atomic E-state index is -0.285. The molecule has 1 aliphatic rings. The number of hydrogen-bond donors (Lipinski definition) is 3. The van der Waals surface area contributed by atoms with Crippen LogP contribution in [0.25, 0.3) is 0 Å². The predicted octanol–water partition coefficient (Wildman–Crippen LogP) is 2.20. The molecule has 1 unspecified atom stereocenters. The highest BCUT2D eigenvalue weighted by atomic mass is 35.5. The Morgan fingerprint density at radius 3 is 2.60 bits per heavy atom. The van der Waals surface area contributed by atoms with Gasteiger partial charge in [-0.25, -0.2) is 4.98 Å². The maximum absolute atomic E-state index is 12.1. The second kappa shape index (κ2) is 10.1. The minimum absolute atomic E-state index is 0.132. The molecule has 30 heavy (non-hydrogen) atoms. The second-order valence-corrected chi connectivity index (χ2v) is 7.59. The van der Waals surface area contributed by atoms with Crippen molar-refractivity contribution in [1.82, 2.24) is 10.3 Å². The zero-order chi connectivity index (χ0) is 21.5. The number of primary amides is 1. The fraction of sp³-hybridized carbons (Fsp3) is 0.333. The summed E-state index contributed by atoms with van der Waals surface area (Å²) in [5.74, 6) is -0.196. The van der Waals surface area contributed by atoms with Crippen LogP contribution < -0.4 is 21.3 Å². The van der Waals surface area contributed by atoms with Crippen LogP contribution in [0, 0.1) is 5.92 Å². The molecule has 0 spiro atoms. The van der Waals surface area contributed by atoms with Gasteiger partial charge in [-0.1, -0.05) is 11.6 Å². The molecule has 1 fully saturated rings. The molecular weight excluding hydrogens is 406 g/mol. The maximum Gasteiger partial charge on any atom is 0.251 e. The van der Waals surface area contributed by atoms with E-state index in [1.54, 1.807) is 42.6 Å².